The van der Waals surface area contributed by atoms with Crippen LogP contribution in [0.5, 0.6) is 0 Å². The second kappa shape index (κ2) is 5.78. The first-order valence-corrected chi connectivity index (χ1v) is 8.06. The number of rotatable bonds is 3. The second-order valence-corrected chi connectivity index (χ2v) is 6.05. The highest BCUT2D eigenvalue weighted by atomic mass is 32.1. The van der Waals surface area contributed by atoms with Gasteiger partial charge in [0.25, 0.3) is 17.1 Å². The molecule has 2 heterocycles. The van der Waals surface area contributed by atoms with Gasteiger partial charge in [0.1, 0.15) is 0 Å². The van der Waals surface area contributed by atoms with Crippen LogP contribution in [0.15, 0.2) is 54.7 Å². The van der Waals surface area contributed by atoms with Crippen molar-refractivity contribution in [2.45, 2.75) is 6.54 Å². The van der Waals surface area contributed by atoms with Gasteiger partial charge in [0.05, 0.1) is 17.7 Å². The minimum atomic E-state index is -0.681. The third kappa shape index (κ3) is 2.40. The Morgan fingerprint density at radius 3 is 2.24 bits per heavy atom. The van der Waals surface area contributed by atoms with E-state index in [4.69, 9.17) is 0 Å². The predicted octanol–water partition coefficient (Wildman–Crippen LogP) is 3.23. The zero-order valence-corrected chi connectivity index (χ0v) is 13.9. The van der Waals surface area contributed by atoms with E-state index in [0.29, 0.717) is 0 Å². The maximum Gasteiger partial charge on any atom is 0.297 e. The average Bonchev–Trinajstić information content (AvgIpc) is 3.13. The van der Waals surface area contributed by atoms with Gasteiger partial charge in [-0.15, -0.1) is 0 Å². The number of thiol groups is 1. The first-order valence-electron chi connectivity index (χ1n) is 7.61. The molecule has 6 nitrogen and oxygen atoms in total. The Kier molecular flexibility index (Phi) is 3.58. The van der Waals surface area contributed by atoms with Gasteiger partial charge in [0.2, 0.25) is 0 Å². The fourth-order valence-corrected chi connectivity index (χ4v) is 3.20. The second-order valence-electron chi connectivity index (χ2n) is 5.67. The van der Waals surface area contributed by atoms with E-state index in [-0.39, 0.29) is 17.7 Å². The summed E-state index contributed by atoms with van der Waals surface area (Å²) in [4.78, 5) is 40.4. The summed E-state index contributed by atoms with van der Waals surface area (Å²) in [6, 6.07) is 14.1. The van der Waals surface area contributed by atoms with Crippen molar-refractivity contribution in [3.8, 4) is 0 Å². The van der Waals surface area contributed by atoms with E-state index in [1.54, 1.807) is 30.5 Å². The molecule has 3 amide bonds. The Morgan fingerprint density at radius 2 is 1.60 bits per heavy atom. The van der Waals surface area contributed by atoms with Crippen LogP contribution in [0.3, 0.4) is 0 Å². The van der Waals surface area contributed by atoms with Gasteiger partial charge in [-0.1, -0.05) is 43.0 Å². The predicted molar refractivity (Wildman–Crippen MR) is 95.2 cm³/mol. The number of H-pyrrole nitrogens is 1. The van der Waals surface area contributed by atoms with Gasteiger partial charge in [-0.25, -0.2) is 5.01 Å². The first kappa shape index (κ1) is 15.5. The number of benzene rings is 2. The van der Waals surface area contributed by atoms with Crippen molar-refractivity contribution < 1.29 is 14.4 Å². The summed E-state index contributed by atoms with van der Waals surface area (Å²) in [5.41, 5.74) is 2.26. The van der Waals surface area contributed by atoms with E-state index >= 15 is 0 Å². The molecule has 25 heavy (non-hydrogen) atoms. The quantitative estimate of drug-likeness (QED) is 0.562. The van der Waals surface area contributed by atoms with Crippen LogP contribution in [0.1, 0.15) is 26.3 Å². The van der Waals surface area contributed by atoms with Gasteiger partial charge in [-0.2, -0.15) is 5.01 Å². The smallest absolute Gasteiger partial charge is 0.297 e. The van der Waals surface area contributed by atoms with Gasteiger partial charge in [-0.05, 0) is 23.8 Å². The number of hydrazine groups is 1. The maximum atomic E-state index is 12.6. The largest absolute Gasteiger partial charge is 0.361 e. The van der Waals surface area contributed by atoms with Gasteiger partial charge in [0.15, 0.2) is 0 Å². The van der Waals surface area contributed by atoms with E-state index in [9.17, 15) is 14.4 Å². The summed E-state index contributed by atoms with van der Waals surface area (Å²) in [7, 11) is 0. The Bertz CT molecular complexity index is 992. The van der Waals surface area contributed by atoms with Gasteiger partial charge >= 0.3 is 0 Å². The van der Waals surface area contributed by atoms with Gasteiger partial charge in [0, 0.05) is 17.1 Å². The third-order valence-electron chi connectivity index (χ3n) is 4.23. The first-order chi connectivity index (χ1) is 12.1. The van der Waals surface area contributed by atoms with E-state index < -0.39 is 17.1 Å². The van der Waals surface area contributed by atoms with Crippen LogP contribution in [0.2, 0.25) is 0 Å². The van der Waals surface area contributed by atoms with Gasteiger partial charge in [-0.3, -0.25) is 14.4 Å². The molecule has 1 aliphatic rings. The van der Waals surface area contributed by atoms with Crippen molar-refractivity contribution in [1.82, 2.24) is 15.0 Å². The molecule has 0 spiro atoms. The Hall–Kier alpha value is -3.06. The molecule has 1 aliphatic heterocycles. The van der Waals surface area contributed by atoms with Crippen molar-refractivity contribution in [3.05, 3.63) is 71.4 Å². The third-order valence-corrected chi connectivity index (χ3v) is 4.46. The number of amides is 3. The van der Waals surface area contributed by atoms with Crippen LogP contribution in [0.25, 0.3) is 10.9 Å². The van der Waals surface area contributed by atoms with Crippen LogP contribution in [0, 0.1) is 0 Å². The maximum absolute atomic E-state index is 12.6. The minimum absolute atomic E-state index is 0.0534. The number of aromatic nitrogens is 1. The number of para-hydroxylation sites is 1. The summed E-state index contributed by atoms with van der Waals surface area (Å²) in [6.07, 6.45) is 1.76. The van der Waals surface area contributed by atoms with Crippen LogP contribution in [0.4, 0.5) is 4.79 Å². The van der Waals surface area contributed by atoms with Crippen molar-refractivity contribution in [2.24, 2.45) is 0 Å². The summed E-state index contributed by atoms with van der Waals surface area (Å²) in [5.74, 6) is -1.05. The molecule has 0 unspecified atom stereocenters. The molecule has 0 aliphatic carbocycles. The molecule has 1 N–H and O–H groups in total. The van der Waals surface area contributed by atoms with E-state index in [1.165, 1.54) is 0 Å². The lowest BCUT2D eigenvalue weighted by Gasteiger charge is -2.28. The Morgan fingerprint density at radius 1 is 1.00 bits per heavy atom. The number of fused-ring (bicyclic) bond motifs is 2. The zero-order valence-electron chi connectivity index (χ0n) is 13.0. The number of nitrogens with zero attached hydrogens (tertiary/aromatic N) is 2. The minimum Gasteiger partial charge on any atom is -0.361 e. The topological polar surface area (TPSA) is 73.5 Å². The normalized spacial score (nSPS) is 13.4. The number of hydrogen-bond acceptors (Lipinski definition) is 3. The molecule has 1 aromatic heterocycles. The van der Waals surface area contributed by atoms with Crippen LogP contribution >= 0.6 is 12.6 Å². The molecule has 4 rings (SSSR count). The number of aromatic amines is 1. The number of nitrogens with one attached hydrogen (secondary N) is 1. The Labute approximate surface area is 148 Å². The molecule has 7 heteroatoms. The fraction of sp³-hybridized carbons (Fsp3) is 0.0556. The molecule has 0 radical (unpaired) electrons. The molecule has 0 saturated heterocycles. The van der Waals surface area contributed by atoms with Crippen molar-refractivity contribution in [2.75, 3.05) is 0 Å². The van der Waals surface area contributed by atoms with Crippen LogP contribution < -0.4 is 0 Å². The lowest BCUT2D eigenvalue weighted by atomic mass is 10.1. The number of carbonyl (C=O) groups excluding carboxylic acids is 3. The Balaban J connectivity index is 1.73. The molecule has 0 atom stereocenters. The number of imide groups is 1. The highest BCUT2D eigenvalue weighted by Gasteiger charge is 2.40. The SMILES string of the molecule is O=C(S)N(Cc1c[nH]c2ccccc12)N1C(=O)c2ccccc2C1=O. The lowest BCUT2D eigenvalue weighted by Crippen LogP contribution is -2.47. The molecule has 0 bridgehead atoms. The summed E-state index contributed by atoms with van der Waals surface area (Å²) in [5, 5.41) is 2.16. The van der Waals surface area contributed by atoms with Crippen LogP contribution in [-0.4, -0.2) is 32.1 Å². The number of carbonyl (C=O) groups is 3. The monoisotopic (exact) mass is 351 g/mol. The van der Waals surface area contributed by atoms with E-state index in [0.717, 1.165) is 26.5 Å². The molecular formula is C18H13N3O3S. The van der Waals surface area contributed by atoms with Crippen molar-refractivity contribution in [3.63, 3.8) is 0 Å². The zero-order chi connectivity index (χ0) is 17.6. The highest BCUT2D eigenvalue weighted by Crippen LogP contribution is 2.27. The van der Waals surface area contributed by atoms with Crippen molar-refractivity contribution in [1.29, 1.82) is 0 Å². The molecule has 3 aromatic rings. The fourth-order valence-electron chi connectivity index (χ4n) is 3.04. The number of hydrogen-bond donors (Lipinski definition) is 2. The van der Waals surface area contributed by atoms with E-state index in [2.05, 4.69) is 17.6 Å². The molecular weight excluding hydrogens is 338 g/mol. The molecule has 0 saturated carbocycles. The van der Waals surface area contributed by atoms with Gasteiger partial charge < -0.3 is 4.98 Å². The lowest BCUT2D eigenvalue weighted by molar-refractivity contribution is 0.0206. The van der Waals surface area contributed by atoms with Crippen molar-refractivity contribution >= 4 is 40.6 Å². The summed E-state index contributed by atoms with van der Waals surface area (Å²) < 4.78 is 0. The average molecular weight is 351 g/mol. The standard InChI is InChI=1S/C18H13N3O3S/c22-16-13-6-1-2-7-14(13)17(23)21(16)20(18(24)25)10-11-9-19-15-8-4-3-5-12(11)15/h1-9,19H,10H2,(H,24,25). The highest BCUT2D eigenvalue weighted by molar-refractivity contribution is 7.96. The summed E-state index contributed by atoms with van der Waals surface area (Å²) in [6.45, 7) is 0.0534. The van der Waals surface area contributed by atoms with Crippen LogP contribution in [-0.2, 0) is 6.54 Å². The summed E-state index contributed by atoms with van der Waals surface area (Å²) >= 11 is 3.86. The van der Waals surface area contributed by atoms with E-state index in [1.807, 2.05) is 24.3 Å². The molecule has 124 valence electrons. The molecule has 2 aromatic carbocycles. The molecule has 0 fully saturated rings.